The molecule has 0 saturated heterocycles. The van der Waals surface area contributed by atoms with E-state index in [0.717, 1.165) is 5.56 Å². The molecular formula is C17H20N2O4. The largest absolute Gasteiger partial charge is 0.466 e. The second kappa shape index (κ2) is 7.58. The smallest absolute Gasteiger partial charge is 0.336 e. The van der Waals surface area contributed by atoms with Crippen molar-refractivity contribution in [3.63, 3.8) is 0 Å². The van der Waals surface area contributed by atoms with E-state index in [9.17, 15) is 14.4 Å². The van der Waals surface area contributed by atoms with Crippen LogP contribution in [0.4, 0.5) is 0 Å². The van der Waals surface area contributed by atoms with Crippen LogP contribution in [0, 0.1) is 5.92 Å². The van der Waals surface area contributed by atoms with Crippen LogP contribution in [0.2, 0.25) is 0 Å². The van der Waals surface area contributed by atoms with Gasteiger partial charge in [-0.05, 0) is 18.9 Å². The summed E-state index contributed by atoms with van der Waals surface area (Å²) in [5, 5.41) is 5.36. The molecule has 1 aliphatic heterocycles. The fourth-order valence-corrected chi connectivity index (χ4v) is 2.60. The topological polar surface area (TPSA) is 84.5 Å². The van der Waals surface area contributed by atoms with Crippen molar-refractivity contribution >= 4 is 17.8 Å². The third kappa shape index (κ3) is 4.18. The molecule has 23 heavy (non-hydrogen) atoms. The molecule has 2 amide bonds. The third-order valence-electron chi connectivity index (χ3n) is 3.75. The Hall–Kier alpha value is -2.63. The molecule has 1 atom stereocenters. The average Bonchev–Trinajstić information content (AvgIpc) is 2.54. The summed E-state index contributed by atoms with van der Waals surface area (Å²) in [6.45, 7) is 2.03. The second-order valence-electron chi connectivity index (χ2n) is 5.36. The number of carbonyl (C=O) groups is 3. The number of rotatable bonds is 5. The van der Waals surface area contributed by atoms with Crippen LogP contribution in [0.3, 0.4) is 0 Å². The predicted octanol–water partition coefficient (Wildman–Crippen LogP) is 0.928. The van der Waals surface area contributed by atoms with Gasteiger partial charge in [-0.3, -0.25) is 9.59 Å². The number of benzene rings is 1. The molecule has 0 aromatic heterocycles. The molecule has 6 nitrogen and oxygen atoms in total. The average molecular weight is 316 g/mol. The number of carbonyl (C=O) groups excluding carboxylic acids is 3. The van der Waals surface area contributed by atoms with Gasteiger partial charge in [-0.15, -0.1) is 0 Å². The van der Waals surface area contributed by atoms with E-state index < -0.39 is 11.9 Å². The Morgan fingerprint density at radius 2 is 2.00 bits per heavy atom. The van der Waals surface area contributed by atoms with E-state index in [1.165, 1.54) is 7.11 Å². The van der Waals surface area contributed by atoms with E-state index in [2.05, 4.69) is 10.6 Å². The van der Waals surface area contributed by atoms with Gasteiger partial charge >= 0.3 is 5.97 Å². The number of hydrogen-bond donors (Lipinski definition) is 2. The lowest BCUT2D eigenvalue weighted by molar-refractivity contribution is -0.139. The molecule has 2 N–H and O–H groups in total. The summed E-state index contributed by atoms with van der Waals surface area (Å²) in [5.41, 5.74) is 1.69. The molecule has 1 heterocycles. The Kier molecular flexibility index (Phi) is 5.51. The highest BCUT2D eigenvalue weighted by molar-refractivity contribution is 6.02. The summed E-state index contributed by atoms with van der Waals surface area (Å²) < 4.78 is 4.72. The third-order valence-corrected chi connectivity index (χ3v) is 3.75. The number of amides is 2. The maximum absolute atomic E-state index is 12.4. The zero-order valence-corrected chi connectivity index (χ0v) is 13.2. The molecule has 2 rings (SSSR count). The van der Waals surface area contributed by atoms with Crippen molar-refractivity contribution in [3.8, 4) is 0 Å². The fourth-order valence-electron chi connectivity index (χ4n) is 2.60. The fraction of sp³-hybridized carbons (Fsp3) is 0.353. The van der Waals surface area contributed by atoms with Gasteiger partial charge in [0.05, 0.1) is 18.6 Å². The number of ether oxygens (including phenoxy) is 1. The monoisotopic (exact) mass is 316 g/mol. The van der Waals surface area contributed by atoms with Crippen molar-refractivity contribution < 1.29 is 19.1 Å². The van der Waals surface area contributed by atoms with E-state index in [1.807, 2.05) is 30.3 Å². The highest BCUT2D eigenvalue weighted by atomic mass is 16.5. The summed E-state index contributed by atoms with van der Waals surface area (Å²) in [4.78, 5) is 35.9. The molecule has 0 aliphatic carbocycles. The lowest BCUT2D eigenvalue weighted by atomic mass is 9.89. The van der Waals surface area contributed by atoms with Gasteiger partial charge in [0.25, 0.3) is 0 Å². The van der Waals surface area contributed by atoms with Crippen LogP contribution in [-0.4, -0.2) is 31.4 Å². The Morgan fingerprint density at radius 1 is 1.30 bits per heavy atom. The first-order chi connectivity index (χ1) is 11.0. The minimum Gasteiger partial charge on any atom is -0.466 e. The van der Waals surface area contributed by atoms with E-state index in [1.54, 1.807) is 6.92 Å². The number of methoxy groups -OCH3 is 1. The Morgan fingerprint density at radius 3 is 2.65 bits per heavy atom. The normalized spacial score (nSPS) is 17.5. The number of esters is 1. The van der Waals surface area contributed by atoms with Crippen molar-refractivity contribution in [1.82, 2.24) is 10.6 Å². The van der Waals surface area contributed by atoms with Gasteiger partial charge in [0.1, 0.15) is 0 Å². The lowest BCUT2D eigenvalue weighted by Gasteiger charge is -2.25. The van der Waals surface area contributed by atoms with Gasteiger partial charge in [0.15, 0.2) is 0 Å². The van der Waals surface area contributed by atoms with Crippen LogP contribution in [-0.2, 0) is 25.5 Å². The van der Waals surface area contributed by atoms with Gasteiger partial charge in [-0.2, -0.15) is 0 Å². The SMILES string of the molecule is COC(=O)C1=C(C)NC(=O)C[C@@H]1C(=O)NCCc1ccccc1. The minimum atomic E-state index is -0.813. The molecule has 1 aromatic carbocycles. The summed E-state index contributed by atoms with van der Waals surface area (Å²) >= 11 is 0. The Labute approximate surface area is 134 Å². The maximum Gasteiger partial charge on any atom is 0.336 e. The van der Waals surface area contributed by atoms with Crippen LogP contribution in [0.15, 0.2) is 41.6 Å². The van der Waals surface area contributed by atoms with Crippen LogP contribution in [0.5, 0.6) is 0 Å². The van der Waals surface area contributed by atoms with Crippen LogP contribution >= 0.6 is 0 Å². The van der Waals surface area contributed by atoms with Crippen molar-refractivity contribution in [2.24, 2.45) is 5.92 Å². The van der Waals surface area contributed by atoms with E-state index in [0.29, 0.717) is 18.7 Å². The summed E-state index contributed by atoms with van der Waals surface area (Å²) in [7, 11) is 1.25. The highest BCUT2D eigenvalue weighted by Crippen LogP contribution is 2.24. The quantitative estimate of drug-likeness (QED) is 0.792. The second-order valence-corrected chi connectivity index (χ2v) is 5.36. The Bertz CT molecular complexity index is 637. The first-order valence-electron chi connectivity index (χ1n) is 7.43. The molecule has 0 unspecified atom stereocenters. The summed E-state index contributed by atoms with van der Waals surface area (Å²) in [6, 6.07) is 9.75. The van der Waals surface area contributed by atoms with Gasteiger partial charge in [-0.1, -0.05) is 30.3 Å². The number of nitrogens with one attached hydrogen (secondary N) is 2. The summed E-state index contributed by atoms with van der Waals surface area (Å²) in [6.07, 6.45) is 0.626. The van der Waals surface area contributed by atoms with Crippen molar-refractivity contribution in [3.05, 3.63) is 47.2 Å². The maximum atomic E-state index is 12.4. The highest BCUT2D eigenvalue weighted by Gasteiger charge is 2.35. The van der Waals surface area contributed by atoms with Gasteiger partial charge in [-0.25, -0.2) is 4.79 Å². The predicted molar refractivity (Wildman–Crippen MR) is 84.1 cm³/mol. The van der Waals surface area contributed by atoms with Crippen molar-refractivity contribution in [2.75, 3.05) is 13.7 Å². The molecule has 0 spiro atoms. The minimum absolute atomic E-state index is 0.0566. The van der Waals surface area contributed by atoms with Crippen LogP contribution in [0.1, 0.15) is 18.9 Å². The van der Waals surface area contributed by atoms with Crippen LogP contribution in [0.25, 0.3) is 0 Å². The molecule has 6 heteroatoms. The molecule has 0 saturated carbocycles. The van der Waals surface area contributed by atoms with Gasteiger partial charge in [0, 0.05) is 18.7 Å². The molecule has 1 aliphatic rings. The molecule has 0 fully saturated rings. The van der Waals surface area contributed by atoms with E-state index >= 15 is 0 Å². The van der Waals surface area contributed by atoms with E-state index in [-0.39, 0.29) is 23.8 Å². The number of hydrogen-bond acceptors (Lipinski definition) is 4. The molecule has 1 aromatic rings. The summed E-state index contributed by atoms with van der Waals surface area (Å²) in [5.74, 6) is -2.02. The lowest BCUT2D eigenvalue weighted by Crippen LogP contribution is -2.43. The van der Waals surface area contributed by atoms with E-state index in [4.69, 9.17) is 4.74 Å². The van der Waals surface area contributed by atoms with Crippen molar-refractivity contribution in [1.29, 1.82) is 0 Å². The molecule has 0 bridgehead atoms. The first-order valence-corrected chi connectivity index (χ1v) is 7.43. The zero-order chi connectivity index (χ0) is 16.8. The standard InChI is InChI=1S/C17H20N2O4/c1-11-15(17(22)23-2)13(10-14(20)19-11)16(21)18-9-8-12-6-4-3-5-7-12/h3-7,13H,8-10H2,1-2H3,(H,18,21)(H,19,20)/t13-/m0/s1. The van der Waals surface area contributed by atoms with Gasteiger partial charge < -0.3 is 15.4 Å². The number of allylic oxidation sites excluding steroid dienone is 1. The van der Waals surface area contributed by atoms with Crippen LogP contribution < -0.4 is 10.6 Å². The molecule has 0 radical (unpaired) electrons. The Balaban J connectivity index is 2.02. The molecular weight excluding hydrogens is 296 g/mol. The molecule has 122 valence electrons. The van der Waals surface area contributed by atoms with Gasteiger partial charge in [0.2, 0.25) is 11.8 Å². The zero-order valence-electron chi connectivity index (χ0n) is 13.2. The first kappa shape index (κ1) is 16.7. The van der Waals surface area contributed by atoms with Crippen molar-refractivity contribution in [2.45, 2.75) is 19.8 Å².